The molecule has 1 amide bonds. The summed E-state index contributed by atoms with van der Waals surface area (Å²) in [4.78, 5) is 41.4. The van der Waals surface area contributed by atoms with Crippen LogP contribution < -0.4 is 5.06 Å². The van der Waals surface area contributed by atoms with Gasteiger partial charge in [0.25, 0.3) is 11.6 Å². The van der Waals surface area contributed by atoms with Crippen molar-refractivity contribution < 1.29 is 19.3 Å². The highest BCUT2D eigenvalue weighted by molar-refractivity contribution is 6.34. The number of hydrogen-bond donors (Lipinski definition) is 0. The number of carbonyl (C=O) groups excluding carboxylic acids is 2. The van der Waals surface area contributed by atoms with E-state index in [1.165, 1.54) is 6.07 Å². The van der Waals surface area contributed by atoms with Crippen molar-refractivity contribution >= 4 is 34.9 Å². The molecule has 0 aliphatic heterocycles. The normalized spacial score (nSPS) is 10.3. The highest BCUT2D eigenvalue weighted by Crippen LogP contribution is 2.27. The summed E-state index contributed by atoms with van der Waals surface area (Å²) in [5.41, 5.74) is 0.850. The van der Waals surface area contributed by atoms with Crippen molar-refractivity contribution in [2.24, 2.45) is 0 Å². The van der Waals surface area contributed by atoms with Gasteiger partial charge in [0.1, 0.15) is 5.69 Å². The smallest absolute Gasteiger partial charge is 0.333 e. The molecule has 0 saturated carbocycles. The van der Waals surface area contributed by atoms with Gasteiger partial charge >= 0.3 is 5.97 Å². The van der Waals surface area contributed by atoms with Crippen molar-refractivity contribution in [2.45, 2.75) is 12.8 Å². The number of amides is 1. The van der Waals surface area contributed by atoms with Gasteiger partial charge in [-0.25, -0.2) is 4.79 Å². The second-order valence-corrected chi connectivity index (χ2v) is 6.67. The molecular formula is C22H17ClN2O5. The van der Waals surface area contributed by atoms with Gasteiger partial charge in [0, 0.05) is 17.2 Å². The van der Waals surface area contributed by atoms with Crippen molar-refractivity contribution in [2.75, 3.05) is 5.06 Å². The Morgan fingerprint density at radius 1 is 0.933 bits per heavy atom. The lowest BCUT2D eigenvalue weighted by molar-refractivity contribution is -0.385. The molecule has 30 heavy (non-hydrogen) atoms. The fraction of sp³-hybridized carbons (Fsp3) is 0.0909. The lowest BCUT2D eigenvalue weighted by atomic mass is 10.1. The van der Waals surface area contributed by atoms with E-state index in [0.717, 1.165) is 5.06 Å². The van der Waals surface area contributed by atoms with Gasteiger partial charge in [0.05, 0.1) is 16.4 Å². The number of aryl methyl sites for hydroxylation is 1. The van der Waals surface area contributed by atoms with Crippen LogP contribution in [0.4, 0.5) is 11.4 Å². The number of nitrogens with zero attached hydrogens (tertiary/aromatic N) is 2. The molecule has 8 heteroatoms. The maximum Gasteiger partial charge on any atom is 0.333 e. The lowest BCUT2D eigenvalue weighted by Gasteiger charge is -2.22. The molecular weight excluding hydrogens is 408 g/mol. The summed E-state index contributed by atoms with van der Waals surface area (Å²) < 4.78 is 0. The standard InChI is InChI=1S/C22H17ClN2O5/c23-18-11-5-7-13-20(18)24(22(27)17-9-2-1-3-10-17)30-21(26)15-14-16-8-4-6-12-19(16)25(28)29/h1-13H,14-15H2. The predicted molar refractivity (Wildman–Crippen MR) is 112 cm³/mol. The third kappa shape index (κ3) is 5.01. The Morgan fingerprint density at radius 2 is 1.57 bits per heavy atom. The average Bonchev–Trinajstić information content (AvgIpc) is 2.77. The topological polar surface area (TPSA) is 89.8 Å². The number of hydrogen-bond acceptors (Lipinski definition) is 5. The molecule has 0 saturated heterocycles. The molecule has 0 aromatic heterocycles. The zero-order valence-corrected chi connectivity index (χ0v) is 16.5. The minimum atomic E-state index is -0.725. The zero-order chi connectivity index (χ0) is 21.5. The molecule has 0 radical (unpaired) electrons. The Morgan fingerprint density at radius 3 is 2.27 bits per heavy atom. The molecule has 0 heterocycles. The Kier molecular flexibility index (Phi) is 6.77. The third-order valence-corrected chi connectivity index (χ3v) is 4.58. The Hall–Kier alpha value is -3.71. The second-order valence-electron chi connectivity index (χ2n) is 6.27. The fourth-order valence-corrected chi connectivity index (χ4v) is 3.01. The molecule has 0 aliphatic rings. The highest BCUT2D eigenvalue weighted by atomic mass is 35.5. The first-order chi connectivity index (χ1) is 14.5. The van der Waals surface area contributed by atoms with Gasteiger partial charge in [-0.1, -0.05) is 60.1 Å². The second kappa shape index (κ2) is 9.67. The fourth-order valence-electron chi connectivity index (χ4n) is 2.80. The molecule has 3 aromatic carbocycles. The molecule has 0 bridgehead atoms. The van der Waals surface area contributed by atoms with E-state index in [2.05, 4.69) is 0 Å². The van der Waals surface area contributed by atoms with Gasteiger partial charge in [-0.2, -0.15) is 0 Å². The largest absolute Gasteiger partial charge is 0.333 e. The molecule has 0 spiro atoms. The Balaban J connectivity index is 1.80. The van der Waals surface area contributed by atoms with E-state index in [4.69, 9.17) is 16.4 Å². The maximum absolute atomic E-state index is 13.0. The van der Waals surface area contributed by atoms with Crippen LogP contribution in [0.3, 0.4) is 0 Å². The summed E-state index contributed by atoms with van der Waals surface area (Å²) >= 11 is 6.20. The number of anilines is 1. The number of hydroxylamine groups is 1. The third-order valence-electron chi connectivity index (χ3n) is 4.26. The van der Waals surface area contributed by atoms with Gasteiger partial charge in [0.2, 0.25) is 0 Å². The van der Waals surface area contributed by atoms with E-state index in [0.29, 0.717) is 11.1 Å². The molecule has 0 fully saturated rings. The number of benzene rings is 3. The molecule has 3 rings (SSSR count). The SMILES string of the molecule is O=C(CCc1ccccc1[N+](=O)[O-])ON(C(=O)c1ccccc1)c1ccccc1Cl. The molecule has 7 nitrogen and oxygen atoms in total. The van der Waals surface area contributed by atoms with E-state index >= 15 is 0 Å². The van der Waals surface area contributed by atoms with Crippen LogP contribution in [-0.4, -0.2) is 16.8 Å². The number of nitro groups is 1. The monoisotopic (exact) mass is 424 g/mol. The van der Waals surface area contributed by atoms with E-state index in [1.54, 1.807) is 72.8 Å². The summed E-state index contributed by atoms with van der Waals surface area (Å²) in [6, 6.07) is 20.9. The van der Waals surface area contributed by atoms with Crippen LogP contribution in [0.25, 0.3) is 0 Å². The predicted octanol–water partition coefficient (Wildman–Crippen LogP) is 4.99. The lowest BCUT2D eigenvalue weighted by Crippen LogP contribution is -2.34. The van der Waals surface area contributed by atoms with Crippen LogP contribution in [0.2, 0.25) is 5.02 Å². The van der Waals surface area contributed by atoms with Crippen molar-refractivity contribution in [1.82, 2.24) is 0 Å². The number of rotatable bonds is 6. The van der Waals surface area contributed by atoms with Crippen LogP contribution >= 0.6 is 11.6 Å². The quantitative estimate of drug-likeness (QED) is 0.411. The minimum Gasteiger partial charge on any atom is -0.333 e. The van der Waals surface area contributed by atoms with Crippen molar-refractivity contribution in [3.63, 3.8) is 0 Å². The summed E-state index contributed by atoms with van der Waals surface area (Å²) in [6.45, 7) is 0. The Bertz CT molecular complexity index is 1070. The van der Waals surface area contributed by atoms with Crippen molar-refractivity contribution in [3.8, 4) is 0 Å². The molecule has 0 aliphatic carbocycles. The molecule has 152 valence electrons. The van der Waals surface area contributed by atoms with Crippen LogP contribution in [-0.2, 0) is 16.1 Å². The Labute approximate surface area is 177 Å². The van der Waals surface area contributed by atoms with E-state index in [1.807, 2.05) is 0 Å². The number of carbonyl (C=O) groups is 2. The number of para-hydroxylation sites is 2. The summed E-state index contributed by atoms with van der Waals surface area (Å²) in [5, 5.41) is 12.2. The van der Waals surface area contributed by atoms with Gasteiger partial charge in [-0.05, 0) is 30.7 Å². The first kappa shape index (κ1) is 21.0. The molecule has 0 unspecified atom stereocenters. The number of nitro benzene ring substituents is 1. The van der Waals surface area contributed by atoms with E-state index in [-0.39, 0.29) is 29.2 Å². The first-order valence-electron chi connectivity index (χ1n) is 9.04. The van der Waals surface area contributed by atoms with Crippen LogP contribution in [0.5, 0.6) is 0 Å². The average molecular weight is 425 g/mol. The molecule has 0 atom stereocenters. The van der Waals surface area contributed by atoms with Gasteiger partial charge in [-0.3, -0.25) is 14.9 Å². The van der Waals surface area contributed by atoms with Gasteiger partial charge in [0.15, 0.2) is 0 Å². The van der Waals surface area contributed by atoms with Crippen LogP contribution in [0.1, 0.15) is 22.3 Å². The van der Waals surface area contributed by atoms with Crippen molar-refractivity contribution in [3.05, 3.63) is 105 Å². The van der Waals surface area contributed by atoms with E-state index < -0.39 is 16.8 Å². The molecule has 3 aromatic rings. The van der Waals surface area contributed by atoms with E-state index in [9.17, 15) is 19.7 Å². The first-order valence-corrected chi connectivity index (χ1v) is 9.42. The van der Waals surface area contributed by atoms with Gasteiger partial charge < -0.3 is 4.84 Å². The van der Waals surface area contributed by atoms with Gasteiger partial charge in [-0.15, -0.1) is 5.06 Å². The minimum absolute atomic E-state index is 0.0754. The highest BCUT2D eigenvalue weighted by Gasteiger charge is 2.25. The number of halogens is 1. The van der Waals surface area contributed by atoms with Crippen LogP contribution in [0.15, 0.2) is 78.9 Å². The summed E-state index contributed by atoms with van der Waals surface area (Å²) in [5.74, 6) is -1.29. The zero-order valence-electron chi connectivity index (χ0n) is 15.7. The molecule has 0 N–H and O–H groups in total. The van der Waals surface area contributed by atoms with Crippen molar-refractivity contribution in [1.29, 1.82) is 0 Å². The summed E-state index contributed by atoms with van der Waals surface area (Å²) in [7, 11) is 0. The maximum atomic E-state index is 13.0. The summed E-state index contributed by atoms with van der Waals surface area (Å²) in [6.07, 6.45) is -0.0697. The van der Waals surface area contributed by atoms with Crippen LogP contribution in [0, 0.1) is 10.1 Å².